The van der Waals surface area contributed by atoms with Crippen LogP contribution in [0.4, 0.5) is 5.69 Å². The van der Waals surface area contributed by atoms with Gasteiger partial charge in [-0.3, -0.25) is 4.79 Å². The Kier molecular flexibility index (Phi) is 4.67. The number of carbonyl (C=O) groups is 1. The summed E-state index contributed by atoms with van der Waals surface area (Å²) in [6.45, 7) is 4.05. The molecule has 0 aliphatic carbocycles. The van der Waals surface area contributed by atoms with Crippen LogP contribution in [0.5, 0.6) is 0 Å². The van der Waals surface area contributed by atoms with Crippen LogP contribution in [-0.4, -0.2) is 10.9 Å². The predicted octanol–water partition coefficient (Wildman–Crippen LogP) is 5.26. The van der Waals surface area contributed by atoms with E-state index in [0.717, 1.165) is 11.1 Å². The van der Waals surface area contributed by atoms with Crippen molar-refractivity contribution in [3.05, 3.63) is 65.0 Å². The van der Waals surface area contributed by atoms with Crippen LogP contribution < -0.4 is 5.32 Å². The van der Waals surface area contributed by atoms with Crippen LogP contribution in [0.15, 0.2) is 53.0 Å². The van der Waals surface area contributed by atoms with Crippen LogP contribution in [-0.2, 0) is 4.79 Å². The van der Waals surface area contributed by atoms with Crippen molar-refractivity contribution in [1.29, 1.82) is 0 Å². The number of fused-ring (bicyclic) bond motifs is 1. The molecule has 24 heavy (non-hydrogen) atoms. The Labute approximate surface area is 145 Å². The van der Waals surface area contributed by atoms with Gasteiger partial charge in [-0.2, -0.15) is 0 Å². The first-order chi connectivity index (χ1) is 11.5. The molecule has 5 heteroatoms. The number of aromatic nitrogens is 1. The van der Waals surface area contributed by atoms with Crippen LogP contribution in [0.2, 0.25) is 5.02 Å². The molecule has 0 bridgehead atoms. The van der Waals surface area contributed by atoms with Crippen molar-refractivity contribution in [3.63, 3.8) is 0 Å². The Bertz CT molecular complexity index is 895. The maximum Gasteiger partial charge on any atom is 0.248 e. The first-order valence-electron chi connectivity index (χ1n) is 7.66. The van der Waals surface area contributed by atoms with Gasteiger partial charge in [0.25, 0.3) is 0 Å². The molecule has 0 unspecified atom stereocenters. The fraction of sp³-hybridized carbons (Fsp3) is 0.158. The van der Waals surface area contributed by atoms with Crippen LogP contribution in [0.3, 0.4) is 0 Å². The van der Waals surface area contributed by atoms with E-state index >= 15 is 0 Å². The molecule has 1 N–H and O–H groups in total. The molecule has 0 aliphatic rings. The van der Waals surface area contributed by atoms with Gasteiger partial charge < -0.3 is 9.73 Å². The van der Waals surface area contributed by atoms with Crippen molar-refractivity contribution in [3.8, 4) is 0 Å². The van der Waals surface area contributed by atoms with Crippen LogP contribution in [0, 0.1) is 0 Å². The van der Waals surface area contributed by atoms with E-state index < -0.39 is 0 Å². The first kappa shape index (κ1) is 16.3. The number of carbonyl (C=O) groups excluding carboxylic acids is 1. The van der Waals surface area contributed by atoms with Gasteiger partial charge in [0.05, 0.1) is 0 Å². The number of amides is 1. The quantitative estimate of drug-likeness (QED) is 0.659. The summed E-state index contributed by atoms with van der Waals surface area (Å²) < 4.78 is 5.70. The van der Waals surface area contributed by atoms with Crippen molar-refractivity contribution < 1.29 is 9.21 Å². The Morgan fingerprint density at radius 2 is 1.96 bits per heavy atom. The number of hydrogen-bond acceptors (Lipinski definition) is 3. The van der Waals surface area contributed by atoms with E-state index in [2.05, 4.69) is 10.3 Å². The number of hydrogen-bond donors (Lipinski definition) is 1. The molecule has 0 radical (unpaired) electrons. The van der Waals surface area contributed by atoms with Gasteiger partial charge in [-0.05, 0) is 35.9 Å². The molecular formula is C19H17ClN2O2. The van der Waals surface area contributed by atoms with Crippen LogP contribution >= 0.6 is 11.6 Å². The van der Waals surface area contributed by atoms with Crippen molar-refractivity contribution in [2.45, 2.75) is 19.8 Å². The second-order valence-electron chi connectivity index (χ2n) is 5.76. The summed E-state index contributed by atoms with van der Waals surface area (Å²) in [5.74, 6) is 0.696. The molecule has 1 heterocycles. The summed E-state index contributed by atoms with van der Waals surface area (Å²) in [6.07, 6.45) is 3.21. The topological polar surface area (TPSA) is 55.1 Å². The molecule has 0 atom stereocenters. The molecule has 0 fully saturated rings. The standard InChI is InChI=1S/C19H17ClN2O2/c1-12(2)19-22-16-9-8-15(11-17(16)24-19)21-18(23)10-5-13-3-6-14(20)7-4-13/h3-12H,1-2H3,(H,21,23)/b10-5+. The highest BCUT2D eigenvalue weighted by Crippen LogP contribution is 2.23. The van der Waals surface area contributed by atoms with Gasteiger partial charge in [0, 0.05) is 28.8 Å². The molecule has 4 nitrogen and oxygen atoms in total. The van der Waals surface area contributed by atoms with E-state index in [-0.39, 0.29) is 11.8 Å². The third-order valence-corrected chi connectivity index (χ3v) is 3.72. The van der Waals surface area contributed by atoms with Gasteiger partial charge in [-0.15, -0.1) is 0 Å². The number of anilines is 1. The Balaban J connectivity index is 1.71. The second-order valence-corrected chi connectivity index (χ2v) is 6.20. The second kappa shape index (κ2) is 6.89. The summed E-state index contributed by atoms with van der Waals surface area (Å²) in [4.78, 5) is 16.4. The zero-order valence-corrected chi connectivity index (χ0v) is 14.2. The van der Waals surface area contributed by atoms with Gasteiger partial charge >= 0.3 is 0 Å². The van der Waals surface area contributed by atoms with Crippen molar-refractivity contribution in [2.24, 2.45) is 0 Å². The molecule has 1 aromatic heterocycles. The van der Waals surface area contributed by atoms with E-state index in [0.29, 0.717) is 22.2 Å². The lowest BCUT2D eigenvalue weighted by Gasteiger charge is -2.01. The van der Waals surface area contributed by atoms with Crippen molar-refractivity contribution in [2.75, 3.05) is 5.32 Å². The van der Waals surface area contributed by atoms with Crippen LogP contribution in [0.25, 0.3) is 17.2 Å². The lowest BCUT2D eigenvalue weighted by molar-refractivity contribution is -0.111. The number of benzene rings is 2. The number of nitrogens with zero attached hydrogens (tertiary/aromatic N) is 1. The van der Waals surface area contributed by atoms with Gasteiger partial charge in [0.2, 0.25) is 5.91 Å². The third kappa shape index (κ3) is 3.84. The summed E-state index contributed by atoms with van der Waals surface area (Å²) >= 11 is 5.83. The summed E-state index contributed by atoms with van der Waals surface area (Å²) in [7, 11) is 0. The average molecular weight is 341 g/mol. The Hall–Kier alpha value is -2.59. The SMILES string of the molecule is CC(C)c1nc2ccc(NC(=O)/C=C/c3ccc(Cl)cc3)cc2o1. The molecule has 122 valence electrons. The van der Waals surface area contributed by atoms with Crippen LogP contribution in [0.1, 0.15) is 31.2 Å². The Morgan fingerprint density at radius 3 is 2.67 bits per heavy atom. The number of rotatable bonds is 4. The van der Waals surface area contributed by atoms with E-state index in [1.807, 2.05) is 38.1 Å². The predicted molar refractivity (Wildman–Crippen MR) is 97.2 cm³/mol. The highest BCUT2D eigenvalue weighted by atomic mass is 35.5. The van der Waals surface area contributed by atoms with Gasteiger partial charge in [-0.25, -0.2) is 4.98 Å². The largest absolute Gasteiger partial charge is 0.440 e. The fourth-order valence-corrected chi connectivity index (χ4v) is 2.32. The normalized spacial score (nSPS) is 11.5. The number of halogens is 1. The summed E-state index contributed by atoms with van der Waals surface area (Å²) in [5, 5.41) is 3.48. The highest BCUT2D eigenvalue weighted by Gasteiger charge is 2.10. The minimum Gasteiger partial charge on any atom is -0.440 e. The molecule has 1 amide bonds. The maximum atomic E-state index is 12.0. The van der Waals surface area contributed by atoms with Gasteiger partial charge in [0.15, 0.2) is 11.5 Å². The summed E-state index contributed by atoms with van der Waals surface area (Å²) in [5.41, 5.74) is 3.02. The van der Waals surface area contributed by atoms with Gasteiger partial charge in [0.1, 0.15) is 5.52 Å². The maximum absolute atomic E-state index is 12.0. The molecule has 3 rings (SSSR count). The smallest absolute Gasteiger partial charge is 0.248 e. The Morgan fingerprint density at radius 1 is 1.21 bits per heavy atom. The fourth-order valence-electron chi connectivity index (χ4n) is 2.20. The lowest BCUT2D eigenvalue weighted by Crippen LogP contribution is -2.07. The molecule has 0 saturated heterocycles. The minimum absolute atomic E-state index is 0.215. The lowest BCUT2D eigenvalue weighted by atomic mass is 10.2. The van der Waals surface area contributed by atoms with E-state index in [4.69, 9.17) is 16.0 Å². The third-order valence-electron chi connectivity index (χ3n) is 3.46. The molecule has 0 spiro atoms. The first-order valence-corrected chi connectivity index (χ1v) is 8.04. The van der Waals surface area contributed by atoms with E-state index in [1.54, 1.807) is 24.3 Å². The zero-order valence-electron chi connectivity index (χ0n) is 13.4. The molecular weight excluding hydrogens is 324 g/mol. The molecule has 0 aliphatic heterocycles. The van der Waals surface area contributed by atoms with Gasteiger partial charge in [-0.1, -0.05) is 37.6 Å². The molecule has 2 aromatic carbocycles. The number of nitrogens with one attached hydrogen (secondary N) is 1. The average Bonchev–Trinajstić information content (AvgIpc) is 2.98. The summed E-state index contributed by atoms with van der Waals surface area (Å²) in [6, 6.07) is 12.7. The minimum atomic E-state index is -0.215. The molecule has 3 aromatic rings. The van der Waals surface area contributed by atoms with Crippen molar-refractivity contribution >= 4 is 40.4 Å². The molecule has 0 saturated carbocycles. The van der Waals surface area contributed by atoms with Crippen molar-refractivity contribution in [1.82, 2.24) is 4.98 Å². The zero-order chi connectivity index (χ0) is 17.1. The van der Waals surface area contributed by atoms with E-state index in [1.165, 1.54) is 6.08 Å². The highest BCUT2D eigenvalue weighted by molar-refractivity contribution is 6.30. The number of oxazole rings is 1. The monoisotopic (exact) mass is 340 g/mol. The van der Waals surface area contributed by atoms with E-state index in [9.17, 15) is 4.79 Å².